The molecule has 0 saturated carbocycles. The molecule has 2 aromatic rings. The van der Waals surface area contributed by atoms with Gasteiger partial charge in [-0.25, -0.2) is 9.78 Å². The first-order chi connectivity index (χ1) is 16.1. The lowest BCUT2D eigenvalue weighted by atomic mass is 10.0. The highest BCUT2D eigenvalue weighted by atomic mass is 19.4. The summed E-state index contributed by atoms with van der Waals surface area (Å²) in [6.45, 7) is 0.332. The quantitative estimate of drug-likeness (QED) is 0.325. The average Bonchev–Trinajstić information content (AvgIpc) is 3.26. The smallest absolute Gasteiger partial charge is 0.338 e. The number of hydrogen-bond acceptors (Lipinski definition) is 6. The molecule has 1 aromatic carbocycles. The number of nitriles is 1. The molecule has 34 heavy (non-hydrogen) atoms. The van der Waals surface area contributed by atoms with Crippen LogP contribution in [0.15, 0.2) is 41.0 Å². The minimum atomic E-state index is -4.51. The maximum absolute atomic E-state index is 12.2. The van der Waals surface area contributed by atoms with Crippen molar-refractivity contribution < 1.29 is 18.0 Å². The highest BCUT2D eigenvalue weighted by Crippen LogP contribution is 2.22. The summed E-state index contributed by atoms with van der Waals surface area (Å²) >= 11 is 0. The Morgan fingerprint density at radius 1 is 1.38 bits per heavy atom. The van der Waals surface area contributed by atoms with Crippen molar-refractivity contribution in [1.82, 2.24) is 15.3 Å². The Morgan fingerprint density at radius 3 is 2.79 bits per heavy atom. The van der Waals surface area contributed by atoms with Gasteiger partial charge in [0.2, 0.25) is 0 Å². The van der Waals surface area contributed by atoms with E-state index in [0.717, 1.165) is 12.4 Å². The van der Waals surface area contributed by atoms with Crippen molar-refractivity contribution in [3.63, 3.8) is 0 Å². The van der Waals surface area contributed by atoms with Crippen LogP contribution in [0.2, 0.25) is 0 Å². The molecule has 2 atom stereocenters. The number of alkyl halides is 3. The summed E-state index contributed by atoms with van der Waals surface area (Å²) in [7, 11) is 0. The number of benzene rings is 1. The molecule has 5 N–H and O–H groups in total. The fourth-order valence-corrected chi connectivity index (χ4v) is 2.72. The predicted molar refractivity (Wildman–Crippen MR) is 124 cm³/mol. The molecular weight excluding hydrogens is 449 g/mol. The predicted octanol–water partition coefficient (Wildman–Crippen LogP) is 4.43. The summed E-state index contributed by atoms with van der Waals surface area (Å²) in [5, 5.41) is 28.1. The van der Waals surface area contributed by atoms with Crippen LogP contribution >= 0.6 is 0 Å². The summed E-state index contributed by atoms with van der Waals surface area (Å²) in [5.74, 6) is -0.171. The SMILES string of the molecule is CC(CC#N)N=CC(C=N)/C(C=N)=C/c1ncc(-c2cccc(NC(=O)NCC(F)(F)F)c2)[nH]1. The molecule has 0 radical (unpaired) electrons. The van der Waals surface area contributed by atoms with Crippen LogP contribution in [-0.4, -0.2) is 53.4 Å². The van der Waals surface area contributed by atoms with Gasteiger partial charge in [0.05, 0.1) is 36.3 Å². The maximum atomic E-state index is 12.2. The molecule has 178 valence electrons. The van der Waals surface area contributed by atoms with Gasteiger partial charge in [0.1, 0.15) is 12.4 Å². The van der Waals surface area contributed by atoms with E-state index >= 15 is 0 Å². The van der Waals surface area contributed by atoms with Gasteiger partial charge in [-0.05, 0) is 30.7 Å². The molecule has 0 fully saturated rings. The van der Waals surface area contributed by atoms with Crippen molar-refractivity contribution in [1.29, 1.82) is 16.1 Å². The Balaban J connectivity index is 2.16. The Labute approximate surface area is 193 Å². The number of nitrogens with one attached hydrogen (secondary N) is 5. The Kier molecular flexibility index (Phi) is 9.25. The molecular formula is C22H23F3N8O. The Bertz CT molecular complexity index is 1110. The molecule has 0 spiro atoms. The number of halogens is 3. The van der Waals surface area contributed by atoms with Crippen molar-refractivity contribution >= 4 is 36.4 Å². The summed E-state index contributed by atoms with van der Waals surface area (Å²) in [4.78, 5) is 23.2. The molecule has 0 aliphatic carbocycles. The molecule has 0 saturated heterocycles. The van der Waals surface area contributed by atoms with Gasteiger partial charge < -0.3 is 26.4 Å². The lowest BCUT2D eigenvalue weighted by molar-refractivity contribution is -0.122. The molecule has 2 amide bonds. The van der Waals surface area contributed by atoms with Gasteiger partial charge in [-0.3, -0.25) is 4.99 Å². The lowest BCUT2D eigenvalue weighted by Crippen LogP contribution is -2.36. The number of H-pyrrole nitrogens is 1. The molecule has 1 heterocycles. The van der Waals surface area contributed by atoms with Crippen LogP contribution in [0.1, 0.15) is 19.2 Å². The van der Waals surface area contributed by atoms with Crippen LogP contribution in [0, 0.1) is 28.1 Å². The molecule has 0 bridgehead atoms. The van der Waals surface area contributed by atoms with Crippen LogP contribution in [0.5, 0.6) is 0 Å². The van der Waals surface area contributed by atoms with Crippen molar-refractivity contribution in [2.75, 3.05) is 11.9 Å². The number of carbonyl (C=O) groups is 1. The molecule has 0 aliphatic rings. The van der Waals surface area contributed by atoms with E-state index in [9.17, 15) is 18.0 Å². The topological polar surface area (TPSA) is 154 Å². The van der Waals surface area contributed by atoms with Gasteiger partial charge in [-0.15, -0.1) is 0 Å². The number of aromatic amines is 1. The normalized spacial score (nSPS) is 13.7. The van der Waals surface area contributed by atoms with Gasteiger partial charge >= 0.3 is 12.2 Å². The molecule has 12 heteroatoms. The fraction of sp³-hybridized carbons (Fsp3) is 0.273. The molecule has 0 aliphatic heterocycles. The number of imidazole rings is 1. The maximum Gasteiger partial charge on any atom is 0.405 e. The van der Waals surface area contributed by atoms with E-state index in [4.69, 9.17) is 16.1 Å². The molecule has 2 unspecified atom stereocenters. The number of amides is 2. The van der Waals surface area contributed by atoms with Gasteiger partial charge in [-0.1, -0.05) is 12.1 Å². The number of urea groups is 1. The highest BCUT2D eigenvalue weighted by molar-refractivity contribution is 5.99. The minimum absolute atomic E-state index is 0.230. The van der Waals surface area contributed by atoms with Crippen LogP contribution in [-0.2, 0) is 0 Å². The third kappa shape index (κ3) is 8.34. The second kappa shape index (κ2) is 12.1. The summed E-state index contributed by atoms with van der Waals surface area (Å²) in [6.07, 6.45) is 2.56. The van der Waals surface area contributed by atoms with Gasteiger partial charge in [0.25, 0.3) is 0 Å². The first-order valence-corrected chi connectivity index (χ1v) is 10.0. The van der Waals surface area contributed by atoms with Gasteiger partial charge in [-0.2, -0.15) is 18.4 Å². The standard InChI is InChI=1S/C22H23F3N8O/c1-14(5-6-26)29-11-17(10-28)16(9-27)8-20-30-12-19(33-20)15-3-2-4-18(7-15)32-21(34)31-13-22(23,24)25/h2-4,7-12,14,17,27-28H,5,13H2,1H3,(H,30,33)(H2,31,32,34)/b16-8+,27-9?,28-10?,29-11?. The van der Waals surface area contributed by atoms with E-state index in [1.807, 2.05) is 6.07 Å². The molecule has 1 aromatic heterocycles. The third-order valence-electron chi connectivity index (χ3n) is 4.40. The molecule has 9 nitrogen and oxygen atoms in total. The first-order valence-electron chi connectivity index (χ1n) is 10.0. The minimum Gasteiger partial charge on any atom is -0.338 e. The second-order valence-corrected chi connectivity index (χ2v) is 7.18. The van der Waals surface area contributed by atoms with Crippen LogP contribution < -0.4 is 10.6 Å². The number of rotatable bonds is 10. The van der Waals surface area contributed by atoms with E-state index in [1.54, 1.807) is 36.5 Å². The third-order valence-corrected chi connectivity index (χ3v) is 4.40. The summed E-state index contributed by atoms with van der Waals surface area (Å²) < 4.78 is 36.7. The number of hydrogen-bond donors (Lipinski definition) is 5. The number of aromatic nitrogens is 2. The van der Waals surface area contributed by atoms with E-state index < -0.39 is 24.7 Å². The van der Waals surface area contributed by atoms with Crippen molar-refractivity contribution in [2.45, 2.75) is 25.6 Å². The summed E-state index contributed by atoms with van der Waals surface area (Å²) in [6, 6.07) is 7.25. The van der Waals surface area contributed by atoms with E-state index in [-0.39, 0.29) is 18.2 Å². The van der Waals surface area contributed by atoms with E-state index in [2.05, 4.69) is 20.3 Å². The number of aliphatic imine (C=N–C) groups is 1. The van der Waals surface area contributed by atoms with Gasteiger partial charge in [0, 0.05) is 29.9 Å². The van der Waals surface area contributed by atoms with Crippen LogP contribution in [0.25, 0.3) is 17.3 Å². The molecule has 2 rings (SSSR count). The fourth-order valence-electron chi connectivity index (χ4n) is 2.72. The monoisotopic (exact) mass is 472 g/mol. The zero-order valence-corrected chi connectivity index (χ0v) is 18.1. The van der Waals surface area contributed by atoms with Crippen LogP contribution in [0.3, 0.4) is 0 Å². The number of anilines is 1. The summed E-state index contributed by atoms with van der Waals surface area (Å²) in [5.41, 5.74) is 1.92. The van der Waals surface area contributed by atoms with Gasteiger partial charge in [0.15, 0.2) is 0 Å². The zero-order chi connectivity index (χ0) is 25.1. The second-order valence-electron chi connectivity index (χ2n) is 7.18. The number of nitrogens with zero attached hydrogens (tertiary/aromatic N) is 3. The Hall–Kier alpha value is -4.27. The number of carbonyl (C=O) groups excluding carboxylic acids is 1. The van der Waals surface area contributed by atoms with Crippen molar-refractivity contribution in [3.8, 4) is 17.3 Å². The largest absolute Gasteiger partial charge is 0.405 e. The van der Waals surface area contributed by atoms with Crippen molar-refractivity contribution in [2.24, 2.45) is 10.9 Å². The Morgan fingerprint density at radius 2 is 2.15 bits per heavy atom. The van der Waals surface area contributed by atoms with E-state index in [0.29, 0.717) is 22.7 Å². The number of allylic oxidation sites excluding steroid dienone is 1. The van der Waals surface area contributed by atoms with E-state index in [1.165, 1.54) is 18.5 Å². The zero-order valence-electron chi connectivity index (χ0n) is 18.1. The van der Waals surface area contributed by atoms with Crippen molar-refractivity contribution in [3.05, 3.63) is 41.9 Å². The highest BCUT2D eigenvalue weighted by Gasteiger charge is 2.27. The van der Waals surface area contributed by atoms with Crippen LogP contribution in [0.4, 0.5) is 23.7 Å². The lowest BCUT2D eigenvalue weighted by Gasteiger charge is -2.10. The average molecular weight is 472 g/mol. The first kappa shape index (κ1) is 26.0.